The van der Waals surface area contributed by atoms with Gasteiger partial charge in [0.1, 0.15) is 0 Å². The Hall–Kier alpha value is -0.540. The fourth-order valence-electron chi connectivity index (χ4n) is 0.886. The van der Waals surface area contributed by atoms with Gasteiger partial charge in [-0.15, -0.1) is 12.4 Å². The molecule has 0 aliphatic carbocycles. The van der Waals surface area contributed by atoms with Gasteiger partial charge < -0.3 is 9.88 Å². The van der Waals surface area contributed by atoms with Gasteiger partial charge >= 0.3 is 0 Å². The van der Waals surface area contributed by atoms with Crippen molar-refractivity contribution in [2.45, 2.75) is 20.8 Å². The van der Waals surface area contributed by atoms with Crippen molar-refractivity contribution in [1.29, 1.82) is 0 Å². The summed E-state index contributed by atoms with van der Waals surface area (Å²) >= 11 is 0. The van der Waals surface area contributed by atoms with Crippen LogP contribution in [0.1, 0.15) is 20.8 Å². The van der Waals surface area contributed by atoms with Crippen molar-refractivity contribution in [3.63, 3.8) is 0 Å². The first kappa shape index (κ1) is 15.0. The summed E-state index contributed by atoms with van der Waals surface area (Å²) in [5, 5.41) is 0. The van der Waals surface area contributed by atoms with E-state index in [0.717, 1.165) is 0 Å². The SMILES string of the molecule is CCN(CC)CC.Cl.c1c[nH]cn1. The highest BCUT2D eigenvalue weighted by Crippen LogP contribution is 1.81. The van der Waals surface area contributed by atoms with E-state index in [9.17, 15) is 0 Å². The summed E-state index contributed by atoms with van der Waals surface area (Å²) in [6.45, 7) is 10.1. The number of imidazole rings is 1. The first-order chi connectivity index (χ1) is 5.85. The number of nitrogens with zero attached hydrogens (tertiary/aromatic N) is 2. The number of aromatic nitrogens is 2. The van der Waals surface area contributed by atoms with Gasteiger partial charge in [0.25, 0.3) is 0 Å². The summed E-state index contributed by atoms with van der Waals surface area (Å²) in [5.41, 5.74) is 0. The molecule has 4 heteroatoms. The van der Waals surface area contributed by atoms with Crippen LogP contribution in [0.25, 0.3) is 0 Å². The Bertz CT molecular complexity index is 127. The molecule has 0 atom stereocenters. The van der Waals surface area contributed by atoms with Crippen LogP contribution in [-0.2, 0) is 0 Å². The molecule has 0 spiro atoms. The average molecular weight is 206 g/mol. The van der Waals surface area contributed by atoms with Gasteiger partial charge in [-0.2, -0.15) is 0 Å². The predicted octanol–water partition coefficient (Wildman–Crippen LogP) is 2.18. The Kier molecular flexibility index (Phi) is 13.2. The summed E-state index contributed by atoms with van der Waals surface area (Å²) < 4.78 is 0. The van der Waals surface area contributed by atoms with E-state index in [4.69, 9.17) is 0 Å². The largest absolute Gasteiger partial charge is 0.351 e. The van der Waals surface area contributed by atoms with E-state index in [1.807, 2.05) is 0 Å². The third-order valence-electron chi connectivity index (χ3n) is 1.75. The molecule has 0 saturated heterocycles. The van der Waals surface area contributed by atoms with E-state index < -0.39 is 0 Å². The maximum atomic E-state index is 3.67. The van der Waals surface area contributed by atoms with Crippen molar-refractivity contribution in [2.75, 3.05) is 19.6 Å². The molecule has 0 aliphatic rings. The smallest absolute Gasteiger partial charge is 0.0919 e. The fraction of sp³-hybridized carbons (Fsp3) is 0.667. The lowest BCUT2D eigenvalue weighted by Crippen LogP contribution is -2.21. The summed E-state index contributed by atoms with van der Waals surface area (Å²) in [7, 11) is 0. The molecule has 0 amide bonds. The zero-order chi connectivity index (χ0) is 9.23. The van der Waals surface area contributed by atoms with Crippen LogP contribution in [0.4, 0.5) is 0 Å². The lowest BCUT2D eigenvalue weighted by molar-refractivity contribution is 0.321. The van der Waals surface area contributed by atoms with E-state index >= 15 is 0 Å². The van der Waals surface area contributed by atoms with Crippen molar-refractivity contribution in [1.82, 2.24) is 14.9 Å². The van der Waals surface area contributed by atoms with E-state index in [-0.39, 0.29) is 12.4 Å². The van der Waals surface area contributed by atoms with Crippen LogP contribution in [0, 0.1) is 0 Å². The molecule has 3 nitrogen and oxygen atoms in total. The van der Waals surface area contributed by atoms with Crippen molar-refractivity contribution in [2.24, 2.45) is 0 Å². The van der Waals surface area contributed by atoms with Crippen LogP contribution in [0.3, 0.4) is 0 Å². The zero-order valence-electron chi connectivity index (χ0n) is 8.66. The molecule has 1 aromatic heterocycles. The lowest BCUT2D eigenvalue weighted by Gasteiger charge is -2.13. The minimum absolute atomic E-state index is 0. The molecule has 1 rings (SSSR count). The van der Waals surface area contributed by atoms with Gasteiger partial charge in [0.05, 0.1) is 6.33 Å². The number of H-pyrrole nitrogens is 1. The van der Waals surface area contributed by atoms with E-state index in [2.05, 4.69) is 35.6 Å². The van der Waals surface area contributed by atoms with Gasteiger partial charge in [0, 0.05) is 12.4 Å². The van der Waals surface area contributed by atoms with E-state index in [0.29, 0.717) is 0 Å². The molecule has 0 fully saturated rings. The molecule has 0 radical (unpaired) electrons. The molecule has 1 N–H and O–H groups in total. The normalized spacial score (nSPS) is 8.62. The number of aromatic amines is 1. The molecule has 78 valence electrons. The Balaban J connectivity index is 0. The van der Waals surface area contributed by atoms with Crippen LogP contribution >= 0.6 is 12.4 Å². The quantitative estimate of drug-likeness (QED) is 0.821. The maximum absolute atomic E-state index is 3.67. The molecule has 0 aliphatic heterocycles. The second-order valence-corrected chi connectivity index (χ2v) is 2.38. The van der Waals surface area contributed by atoms with Crippen LogP contribution in [0.5, 0.6) is 0 Å². The monoisotopic (exact) mass is 205 g/mol. The third-order valence-corrected chi connectivity index (χ3v) is 1.75. The minimum atomic E-state index is 0. The van der Waals surface area contributed by atoms with Gasteiger partial charge in [0.15, 0.2) is 0 Å². The summed E-state index contributed by atoms with van der Waals surface area (Å²) in [5.74, 6) is 0. The minimum Gasteiger partial charge on any atom is -0.351 e. The Morgan fingerprint density at radius 2 is 1.69 bits per heavy atom. The van der Waals surface area contributed by atoms with Gasteiger partial charge in [-0.05, 0) is 19.6 Å². The molecule has 0 bridgehead atoms. The average Bonchev–Trinajstić information content (AvgIpc) is 2.64. The number of halogens is 1. The second-order valence-electron chi connectivity index (χ2n) is 2.38. The summed E-state index contributed by atoms with van der Waals surface area (Å²) in [6.07, 6.45) is 5.08. The van der Waals surface area contributed by atoms with Gasteiger partial charge in [0.2, 0.25) is 0 Å². The molecule has 0 unspecified atom stereocenters. The Morgan fingerprint density at radius 1 is 1.15 bits per heavy atom. The number of rotatable bonds is 3. The number of hydrogen-bond acceptors (Lipinski definition) is 2. The molecular weight excluding hydrogens is 186 g/mol. The van der Waals surface area contributed by atoms with Crippen LogP contribution < -0.4 is 0 Å². The first-order valence-corrected chi connectivity index (χ1v) is 4.50. The van der Waals surface area contributed by atoms with Crippen molar-refractivity contribution in [3.8, 4) is 0 Å². The van der Waals surface area contributed by atoms with E-state index in [1.165, 1.54) is 19.6 Å². The highest BCUT2D eigenvalue weighted by atomic mass is 35.5. The zero-order valence-corrected chi connectivity index (χ0v) is 9.47. The highest BCUT2D eigenvalue weighted by Gasteiger charge is 1.89. The van der Waals surface area contributed by atoms with Gasteiger partial charge in [-0.3, -0.25) is 0 Å². The molecule has 1 heterocycles. The van der Waals surface area contributed by atoms with Gasteiger partial charge in [-0.25, -0.2) is 4.98 Å². The molecule has 0 saturated carbocycles. The number of nitrogens with one attached hydrogen (secondary N) is 1. The van der Waals surface area contributed by atoms with Crippen molar-refractivity contribution in [3.05, 3.63) is 18.7 Å². The first-order valence-electron chi connectivity index (χ1n) is 4.50. The third kappa shape index (κ3) is 9.37. The summed E-state index contributed by atoms with van der Waals surface area (Å²) in [4.78, 5) is 8.79. The van der Waals surface area contributed by atoms with E-state index in [1.54, 1.807) is 18.7 Å². The Labute approximate surface area is 87.0 Å². The lowest BCUT2D eigenvalue weighted by atomic mass is 10.5. The molecule has 1 aromatic rings. The topological polar surface area (TPSA) is 31.9 Å². The maximum Gasteiger partial charge on any atom is 0.0919 e. The summed E-state index contributed by atoms with van der Waals surface area (Å²) in [6, 6.07) is 0. The van der Waals surface area contributed by atoms with Crippen LogP contribution in [0.2, 0.25) is 0 Å². The highest BCUT2D eigenvalue weighted by molar-refractivity contribution is 5.85. The second kappa shape index (κ2) is 11.5. The predicted molar refractivity (Wildman–Crippen MR) is 59.3 cm³/mol. The van der Waals surface area contributed by atoms with Crippen molar-refractivity contribution >= 4 is 12.4 Å². The van der Waals surface area contributed by atoms with Crippen LogP contribution in [0.15, 0.2) is 18.7 Å². The molecule has 0 aromatic carbocycles. The van der Waals surface area contributed by atoms with Gasteiger partial charge in [-0.1, -0.05) is 20.8 Å². The molecular formula is C9H20ClN3. The van der Waals surface area contributed by atoms with Crippen molar-refractivity contribution < 1.29 is 0 Å². The fourth-order valence-corrected chi connectivity index (χ4v) is 0.886. The standard InChI is InChI=1S/C6H15N.C3H4N2.ClH/c1-4-7(5-2)6-3;1-2-5-3-4-1;/h4-6H2,1-3H3;1-3H,(H,4,5);1H. The Morgan fingerprint density at radius 3 is 1.77 bits per heavy atom. The van der Waals surface area contributed by atoms with Crippen LogP contribution in [-0.4, -0.2) is 34.5 Å². The number of hydrogen-bond donors (Lipinski definition) is 1. The molecule has 13 heavy (non-hydrogen) atoms.